The summed E-state index contributed by atoms with van der Waals surface area (Å²) in [4.78, 5) is 23.8. The first kappa shape index (κ1) is 19.3. The molecule has 0 aromatic carbocycles. The van der Waals surface area contributed by atoms with Gasteiger partial charge in [-0.2, -0.15) is 0 Å². The van der Waals surface area contributed by atoms with Gasteiger partial charge < -0.3 is 19.4 Å². The molecule has 2 saturated heterocycles. The number of nitrogens with one attached hydrogen (secondary N) is 1. The van der Waals surface area contributed by atoms with Gasteiger partial charge in [0.15, 0.2) is 10.9 Å². The van der Waals surface area contributed by atoms with Gasteiger partial charge in [0, 0.05) is 38.0 Å². The van der Waals surface area contributed by atoms with Crippen LogP contribution in [0.4, 0.5) is 5.82 Å². The van der Waals surface area contributed by atoms with E-state index in [2.05, 4.69) is 20.2 Å². The predicted molar refractivity (Wildman–Crippen MR) is 108 cm³/mol. The van der Waals surface area contributed by atoms with Gasteiger partial charge in [-0.3, -0.25) is 4.79 Å². The molecule has 2 aromatic heterocycles. The second kappa shape index (κ2) is 8.96. The van der Waals surface area contributed by atoms with Crippen molar-refractivity contribution in [2.45, 2.75) is 49.6 Å². The molecule has 0 aliphatic carbocycles. The second-order valence-corrected chi connectivity index (χ2v) is 8.19. The van der Waals surface area contributed by atoms with E-state index in [1.165, 1.54) is 24.6 Å². The minimum absolute atomic E-state index is 0.122. The van der Waals surface area contributed by atoms with E-state index in [0.29, 0.717) is 18.1 Å². The number of carbonyl (C=O) groups excluding carboxylic acids is 1. The molecule has 0 saturated carbocycles. The van der Waals surface area contributed by atoms with Gasteiger partial charge in [0.25, 0.3) is 5.91 Å². The van der Waals surface area contributed by atoms with Crippen LogP contribution in [0, 0.1) is 6.92 Å². The number of nitrogens with zero attached hydrogens (tertiary/aromatic N) is 3. The fourth-order valence-electron chi connectivity index (χ4n) is 3.51. The molecule has 0 bridgehead atoms. The maximum atomic E-state index is 12.2. The largest absolute Gasteiger partial charge is 0.455 e. The van der Waals surface area contributed by atoms with Gasteiger partial charge in [0.2, 0.25) is 0 Å². The van der Waals surface area contributed by atoms with Crippen LogP contribution in [0.2, 0.25) is 0 Å². The highest BCUT2D eigenvalue weighted by molar-refractivity contribution is 7.98. The number of rotatable bonds is 7. The number of furan rings is 1. The molecule has 0 spiro atoms. The van der Waals surface area contributed by atoms with E-state index >= 15 is 0 Å². The molecular weight excluding hydrogens is 376 g/mol. The van der Waals surface area contributed by atoms with Gasteiger partial charge in [-0.1, -0.05) is 11.8 Å². The Balaban J connectivity index is 1.32. The van der Waals surface area contributed by atoms with Crippen LogP contribution in [-0.2, 0) is 10.5 Å². The lowest BCUT2D eigenvalue weighted by Crippen LogP contribution is -2.31. The van der Waals surface area contributed by atoms with Crippen molar-refractivity contribution in [3.05, 3.63) is 35.4 Å². The van der Waals surface area contributed by atoms with Gasteiger partial charge in [0.05, 0.1) is 11.9 Å². The van der Waals surface area contributed by atoms with Crippen LogP contribution in [0.3, 0.4) is 0 Å². The number of hydrogen-bond donors (Lipinski definition) is 1. The van der Waals surface area contributed by atoms with Gasteiger partial charge in [-0.05, 0) is 44.7 Å². The summed E-state index contributed by atoms with van der Waals surface area (Å²) in [5.74, 6) is 2.45. The first-order valence-corrected chi connectivity index (χ1v) is 10.9. The van der Waals surface area contributed by atoms with Crippen molar-refractivity contribution in [2.75, 3.05) is 31.1 Å². The Bertz CT molecular complexity index is 814. The van der Waals surface area contributed by atoms with Gasteiger partial charge in [0.1, 0.15) is 11.6 Å². The molecule has 0 radical (unpaired) electrons. The third-order valence-electron chi connectivity index (χ3n) is 4.99. The number of hydrogen-bond acceptors (Lipinski definition) is 7. The maximum absolute atomic E-state index is 12.2. The Kier molecular flexibility index (Phi) is 6.17. The Morgan fingerprint density at radius 3 is 2.93 bits per heavy atom. The smallest absolute Gasteiger partial charge is 0.287 e. The van der Waals surface area contributed by atoms with E-state index in [1.807, 2.05) is 19.1 Å². The quantitative estimate of drug-likeness (QED) is 0.563. The van der Waals surface area contributed by atoms with Crippen molar-refractivity contribution in [3.63, 3.8) is 0 Å². The molecule has 8 heteroatoms. The normalized spacial score (nSPS) is 19.3. The summed E-state index contributed by atoms with van der Waals surface area (Å²) in [5.41, 5.74) is 0.966. The maximum Gasteiger partial charge on any atom is 0.287 e. The topological polar surface area (TPSA) is 80.5 Å². The summed E-state index contributed by atoms with van der Waals surface area (Å²) < 4.78 is 11.2. The van der Waals surface area contributed by atoms with E-state index in [1.54, 1.807) is 6.07 Å². The number of thioether (sulfide) groups is 1. The molecule has 28 heavy (non-hydrogen) atoms. The summed E-state index contributed by atoms with van der Waals surface area (Å²) in [5, 5.41) is 3.62. The third-order valence-corrected chi connectivity index (χ3v) is 5.86. The van der Waals surface area contributed by atoms with E-state index in [9.17, 15) is 4.79 Å². The summed E-state index contributed by atoms with van der Waals surface area (Å²) in [7, 11) is 0. The highest BCUT2D eigenvalue weighted by atomic mass is 32.2. The number of aryl methyl sites for hydroxylation is 1. The van der Waals surface area contributed by atoms with Gasteiger partial charge in [-0.15, -0.1) is 0 Å². The average Bonchev–Trinajstić information content (AvgIpc) is 3.47. The molecule has 2 aliphatic heterocycles. The zero-order valence-electron chi connectivity index (χ0n) is 16.1. The number of carbonyl (C=O) groups is 1. The molecule has 4 rings (SSSR count). The number of amides is 1. The van der Waals surface area contributed by atoms with Gasteiger partial charge in [-0.25, -0.2) is 9.97 Å². The van der Waals surface area contributed by atoms with E-state index in [0.717, 1.165) is 55.0 Å². The molecule has 7 nitrogen and oxygen atoms in total. The second-order valence-electron chi connectivity index (χ2n) is 7.24. The van der Waals surface area contributed by atoms with Crippen molar-refractivity contribution < 1.29 is 13.9 Å². The summed E-state index contributed by atoms with van der Waals surface area (Å²) >= 11 is 1.53. The summed E-state index contributed by atoms with van der Waals surface area (Å²) in [6, 6.07) is 5.59. The lowest BCUT2D eigenvalue weighted by molar-refractivity contribution is 0.0834. The molecule has 1 atom stereocenters. The Labute approximate surface area is 169 Å². The highest BCUT2D eigenvalue weighted by Crippen LogP contribution is 2.25. The zero-order chi connectivity index (χ0) is 19.3. The van der Waals surface area contributed by atoms with Crippen molar-refractivity contribution in [1.29, 1.82) is 0 Å². The molecular formula is C20H26N4O3S. The van der Waals surface area contributed by atoms with Crippen LogP contribution in [0.1, 0.15) is 47.7 Å². The van der Waals surface area contributed by atoms with Crippen LogP contribution in [0.15, 0.2) is 27.8 Å². The van der Waals surface area contributed by atoms with Gasteiger partial charge >= 0.3 is 0 Å². The lowest BCUT2D eigenvalue weighted by Gasteiger charge is -2.17. The monoisotopic (exact) mass is 402 g/mol. The summed E-state index contributed by atoms with van der Waals surface area (Å²) in [6.07, 6.45) is 4.61. The SMILES string of the molecule is Cc1cc(N2CCCC2)nc(SCc2ccc(C(=O)NCC3CCCO3)o2)n1. The molecule has 2 aromatic rings. The number of ether oxygens (including phenoxy) is 1. The van der Waals surface area contributed by atoms with Crippen LogP contribution in [0.25, 0.3) is 0 Å². The fraction of sp³-hybridized carbons (Fsp3) is 0.550. The van der Waals surface area contributed by atoms with Crippen molar-refractivity contribution in [1.82, 2.24) is 15.3 Å². The van der Waals surface area contributed by atoms with Crippen LogP contribution < -0.4 is 10.2 Å². The molecule has 2 aliphatic rings. The Morgan fingerprint density at radius 2 is 2.14 bits per heavy atom. The van der Waals surface area contributed by atoms with Crippen LogP contribution in [0.5, 0.6) is 0 Å². The highest BCUT2D eigenvalue weighted by Gasteiger charge is 2.19. The first-order chi connectivity index (χ1) is 13.7. The number of aromatic nitrogens is 2. The van der Waals surface area contributed by atoms with E-state index < -0.39 is 0 Å². The third kappa shape index (κ3) is 4.86. The minimum atomic E-state index is -0.199. The minimum Gasteiger partial charge on any atom is -0.455 e. The van der Waals surface area contributed by atoms with Crippen molar-refractivity contribution in [3.8, 4) is 0 Å². The van der Waals surface area contributed by atoms with Crippen molar-refractivity contribution >= 4 is 23.5 Å². The molecule has 150 valence electrons. The average molecular weight is 403 g/mol. The fourth-order valence-corrected chi connectivity index (χ4v) is 4.30. The Morgan fingerprint density at radius 1 is 1.29 bits per heavy atom. The molecule has 1 unspecified atom stereocenters. The van der Waals surface area contributed by atoms with E-state index in [4.69, 9.17) is 9.15 Å². The zero-order valence-corrected chi connectivity index (χ0v) is 17.0. The van der Waals surface area contributed by atoms with E-state index in [-0.39, 0.29) is 12.0 Å². The van der Waals surface area contributed by atoms with Crippen molar-refractivity contribution in [2.24, 2.45) is 0 Å². The summed E-state index contributed by atoms with van der Waals surface area (Å²) in [6.45, 7) is 5.42. The molecule has 4 heterocycles. The standard InChI is InChI=1S/C20H26N4O3S/c1-14-11-18(24-8-2-3-9-24)23-20(22-14)28-13-16-6-7-17(27-16)19(25)21-12-15-5-4-10-26-15/h6-7,11,15H,2-5,8-10,12-13H2,1H3,(H,21,25). The molecule has 2 fully saturated rings. The lowest BCUT2D eigenvalue weighted by atomic mass is 10.2. The first-order valence-electron chi connectivity index (χ1n) is 9.89. The molecule has 1 amide bonds. The Hall–Kier alpha value is -2.06. The predicted octanol–water partition coefficient (Wildman–Crippen LogP) is 3.18. The number of anilines is 1. The van der Waals surface area contributed by atoms with Crippen LogP contribution in [-0.4, -0.2) is 48.2 Å². The molecule has 1 N–H and O–H groups in total. The van der Waals surface area contributed by atoms with Crippen LogP contribution >= 0.6 is 11.8 Å².